The van der Waals surface area contributed by atoms with Gasteiger partial charge in [0.1, 0.15) is 11.6 Å². The van der Waals surface area contributed by atoms with Crippen LogP contribution in [-0.4, -0.2) is 23.5 Å². The molecule has 0 fully saturated rings. The van der Waals surface area contributed by atoms with E-state index in [1.54, 1.807) is 0 Å². The molecule has 20 heavy (non-hydrogen) atoms. The van der Waals surface area contributed by atoms with Crippen molar-refractivity contribution in [1.82, 2.24) is 5.32 Å². The number of carbonyl (C=O) groups excluding carboxylic acids is 2. The molecule has 0 heterocycles. The Labute approximate surface area is 122 Å². The van der Waals surface area contributed by atoms with Crippen LogP contribution in [0.5, 0.6) is 0 Å². The van der Waals surface area contributed by atoms with Gasteiger partial charge >= 0.3 is 5.97 Å². The molecule has 0 spiro atoms. The number of allylic oxidation sites excluding steroid dienone is 2. The number of amides is 1. The summed E-state index contributed by atoms with van der Waals surface area (Å²) in [5, 5.41) is 2.86. The predicted molar refractivity (Wildman–Crippen MR) is 79.1 cm³/mol. The lowest BCUT2D eigenvalue weighted by Crippen LogP contribution is -2.49. The lowest BCUT2D eigenvalue weighted by Gasteiger charge is -2.28. The highest BCUT2D eigenvalue weighted by atomic mass is 16.6. The molecule has 0 aromatic rings. The monoisotopic (exact) mass is 281 g/mol. The highest BCUT2D eigenvalue weighted by molar-refractivity contribution is 5.86. The molecule has 4 nitrogen and oxygen atoms in total. The molecule has 0 radical (unpaired) electrons. The van der Waals surface area contributed by atoms with Gasteiger partial charge in [-0.15, -0.1) is 0 Å². The summed E-state index contributed by atoms with van der Waals surface area (Å²) in [7, 11) is 0. The maximum absolute atomic E-state index is 12.2. The van der Waals surface area contributed by atoms with Crippen molar-refractivity contribution in [2.24, 2.45) is 11.8 Å². The van der Waals surface area contributed by atoms with Crippen LogP contribution < -0.4 is 5.32 Å². The van der Waals surface area contributed by atoms with E-state index in [0.29, 0.717) is 0 Å². The van der Waals surface area contributed by atoms with Crippen LogP contribution in [0.2, 0.25) is 0 Å². The minimum absolute atomic E-state index is 0.00735. The Balaban J connectivity index is 2.65. The first kappa shape index (κ1) is 16.7. The van der Waals surface area contributed by atoms with Crippen molar-refractivity contribution < 1.29 is 14.3 Å². The molecule has 1 amide bonds. The second-order valence-electron chi connectivity index (χ2n) is 6.75. The van der Waals surface area contributed by atoms with E-state index in [2.05, 4.69) is 11.4 Å². The summed E-state index contributed by atoms with van der Waals surface area (Å²) in [6.07, 6.45) is 6.66. The van der Waals surface area contributed by atoms with Crippen LogP contribution in [0.3, 0.4) is 0 Å². The number of hydrogen-bond donors (Lipinski definition) is 1. The largest absolute Gasteiger partial charge is 0.458 e. The van der Waals surface area contributed by atoms with Crippen LogP contribution >= 0.6 is 0 Å². The third-order valence-electron chi connectivity index (χ3n) is 3.26. The summed E-state index contributed by atoms with van der Waals surface area (Å²) in [5.41, 5.74) is -0.539. The number of esters is 1. The highest BCUT2D eigenvalue weighted by Gasteiger charge is 2.31. The predicted octanol–water partition coefficient (Wildman–Crippen LogP) is 2.83. The Morgan fingerprint density at radius 3 is 2.35 bits per heavy atom. The van der Waals surface area contributed by atoms with Gasteiger partial charge in [-0.05, 0) is 46.0 Å². The zero-order valence-electron chi connectivity index (χ0n) is 13.2. The van der Waals surface area contributed by atoms with E-state index in [1.165, 1.54) is 0 Å². The first-order chi connectivity index (χ1) is 9.20. The zero-order chi connectivity index (χ0) is 15.3. The maximum atomic E-state index is 12.2. The van der Waals surface area contributed by atoms with Crippen molar-refractivity contribution in [1.29, 1.82) is 0 Å². The minimum Gasteiger partial charge on any atom is -0.458 e. The maximum Gasteiger partial charge on any atom is 0.329 e. The molecule has 1 N–H and O–H groups in total. The molecule has 1 aliphatic rings. The van der Waals surface area contributed by atoms with Crippen molar-refractivity contribution in [2.75, 3.05) is 0 Å². The first-order valence-corrected chi connectivity index (χ1v) is 7.39. The standard InChI is InChI=1S/C16H27NO3/c1-11(2)13(15(19)20-16(3,4)5)17-14(18)12-9-7-6-8-10-12/h6-7,11-13H,8-10H2,1-5H3,(H,17,18)/t12?,13-/m0/s1. The molecule has 0 bridgehead atoms. The smallest absolute Gasteiger partial charge is 0.329 e. The lowest BCUT2D eigenvalue weighted by atomic mass is 9.92. The zero-order valence-corrected chi connectivity index (χ0v) is 13.2. The number of hydrogen-bond acceptors (Lipinski definition) is 3. The molecule has 0 saturated carbocycles. The Kier molecular flexibility index (Phi) is 5.78. The number of carbonyl (C=O) groups is 2. The summed E-state index contributed by atoms with van der Waals surface area (Å²) < 4.78 is 5.38. The van der Waals surface area contributed by atoms with Gasteiger partial charge in [0.2, 0.25) is 5.91 Å². The Bertz CT molecular complexity index is 380. The molecule has 0 aromatic carbocycles. The van der Waals surface area contributed by atoms with Gasteiger partial charge in [0.25, 0.3) is 0 Å². The minimum atomic E-state index is -0.576. The van der Waals surface area contributed by atoms with Crippen molar-refractivity contribution >= 4 is 11.9 Å². The normalized spacial score (nSPS) is 20.6. The Morgan fingerprint density at radius 1 is 1.25 bits per heavy atom. The molecular formula is C16H27NO3. The van der Waals surface area contributed by atoms with Gasteiger partial charge in [-0.1, -0.05) is 26.0 Å². The van der Waals surface area contributed by atoms with E-state index in [1.807, 2.05) is 40.7 Å². The van der Waals surface area contributed by atoms with E-state index in [0.717, 1.165) is 19.3 Å². The summed E-state index contributed by atoms with van der Waals surface area (Å²) >= 11 is 0. The molecule has 0 aliphatic heterocycles. The molecule has 0 aromatic heterocycles. The van der Waals surface area contributed by atoms with Crippen molar-refractivity contribution in [3.63, 3.8) is 0 Å². The average molecular weight is 281 g/mol. The van der Waals surface area contributed by atoms with Crippen LogP contribution in [-0.2, 0) is 14.3 Å². The third-order valence-corrected chi connectivity index (χ3v) is 3.26. The molecule has 1 unspecified atom stereocenters. The lowest BCUT2D eigenvalue weighted by molar-refractivity contribution is -0.160. The van der Waals surface area contributed by atoms with Crippen molar-refractivity contribution in [3.8, 4) is 0 Å². The fourth-order valence-electron chi connectivity index (χ4n) is 2.17. The topological polar surface area (TPSA) is 55.4 Å². The fourth-order valence-corrected chi connectivity index (χ4v) is 2.17. The van der Waals surface area contributed by atoms with Gasteiger partial charge < -0.3 is 10.1 Å². The second-order valence-corrected chi connectivity index (χ2v) is 6.75. The number of nitrogens with one attached hydrogen (secondary N) is 1. The fraction of sp³-hybridized carbons (Fsp3) is 0.750. The molecule has 114 valence electrons. The van der Waals surface area contributed by atoms with E-state index in [-0.39, 0.29) is 23.7 Å². The van der Waals surface area contributed by atoms with Crippen LogP contribution in [0, 0.1) is 11.8 Å². The molecule has 1 aliphatic carbocycles. The van der Waals surface area contributed by atoms with Crippen LogP contribution in [0.25, 0.3) is 0 Å². The van der Waals surface area contributed by atoms with Gasteiger partial charge in [0, 0.05) is 5.92 Å². The number of rotatable bonds is 4. The van der Waals surface area contributed by atoms with Crippen LogP contribution in [0.4, 0.5) is 0 Å². The van der Waals surface area contributed by atoms with Crippen LogP contribution in [0.15, 0.2) is 12.2 Å². The van der Waals surface area contributed by atoms with E-state index in [9.17, 15) is 9.59 Å². The quantitative estimate of drug-likeness (QED) is 0.637. The average Bonchev–Trinajstić information content (AvgIpc) is 2.34. The van der Waals surface area contributed by atoms with Crippen molar-refractivity contribution in [2.45, 2.75) is 65.5 Å². The van der Waals surface area contributed by atoms with Crippen LogP contribution in [0.1, 0.15) is 53.9 Å². The Hall–Kier alpha value is -1.32. The van der Waals surface area contributed by atoms with E-state index < -0.39 is 11.6 Å². The van der Waals surface area contributed by atoms with Gasteiger partial charge in [-0.25, -0.2) is 4.79 Å². The van der Waals surface area contributed by atoms with Crippen molar-refractivity contribution in [3.05, 3.63) is 12.2 Å². The Morgan fingerprint density at radius 2 is 1.90 bits per heavy atom. The van der Waals surface area contributed by atoms with Gasteiger partial charge in [0.15, 0.2) is 0 Å². The molecule has 0 saturated heterocycles. The van der Waals surface area contributed by atoms with Gasteiger partial charge in [-0.3, -0.25) is 4.79 Å². The number of ether oxygens (including phenoxy) is 1. The summed E-state index contributed by atoms with van der Waals surface area (Å²) in [4.78, 5) is 24.4. The third kappa shape index (κ3) is 5.35. The molecule has 4 heteroatoms. The first-order valence-electron chi connectivity index (χ1n) is 7.39. The molecule has 1 rings (SSSR count). The SMILES string of the molecule is CC(C)[C@H](NC(=O)C1CC=CCC1)C(=O)OC(C)(C)C. The second kappa shape index (κ2) is 6.91. The van der Waals surface area contributed by atoms with Gasteiger partial charge in [0.05, 0.1) is 0 Å². The summed E-state index contributed by atoms with van der Waals surface area (Å²) in [6.45, 7) is 9.31. The molecular weight excluding hydrogens is 254 g/mol. The summed E-state index contributed by atoms with van der Waals surface area (Å²) in [5.74, 6) is -0.414. The summed E-state index contributed by atoms with van der Waals surface area (Å²) in [6, 6.07) is -0.576. The highest BCUT2D eigenvalue weighted by Crippen LogP contribution is 2.19. The van der Waals surface area contributed by atoms with Gasteiger partial charge in [-0.2, -0.15) is 0 Å². The van der Waals surface area contributed by atoms with E-state index >= 15 is 0 Å². The van der Waals surface area contributed by atoms with E-state index in [4.69, 9.17) is 4.74 Å². The molecule has 2 atom stereocenters.